The van der Waals surface area contributed by atoms with Gasteiger partial charge in [0.2, 0.25) is 0 Å². The van der Waals surface area contributed by atoms with Crippen LogP contribution in [0, 0.1) is 0 Å². The maximum Gasteiger partial charge on any atom is 0.251 e. The summed E-state index contributed by atoms with van der Waals surface area (Å²) in [5.74, 6) is 0.644. The minimum absolute atomic E-state index is 0.0299. The first-order chi connectivity index (χ1) is 9.99. The van der Waals surface area contributed by atoms with Gasteiger partial charge in [-0.3, -0.25) is 4.79 Å². The zero-order valence-electron chi connectivity index (χ0n) is 13.1. The van der Waals surface area contributed by atoms with Gasteiger partial charge in [-0.2, -0.15) is 11.8 Å². The number of nitrogens with zero attached hydrogens (tertiary/aromatic N) is 1. The van der Waals surface area contributed by atoms with Crippen LogP contribution < -0.4 is 11.1 Å². The summed E-state index contributed by atoms with van der Waals surface area (Å²) >= 11 is 1.90. The molecule has 1 aliphatic rings. The third kappa shape index (κ3) is 4.37. The van der Waals surface area contributed by atoms with Crippen molar-refractivity contribution in [3.05, 3.63) is 23.4 Å². The quantitative estimate of drug-likeness (QED) is 0.896. The number of hydrogen-bond acceptors (Lipinski definition) is 4. The van der Waals surface area contributed by atoms with Crippen molar-refractivity contribution in [1.29, 1.82) is 0 Å². The van der Waals surface area contributed by atoms with Gasteiger partial charge in [0.25, 0.3) is 5.91 Å². The number of nitrogens with two attached hydrogens (primary N) is 1. The lowest BCUT2D eigenvalue weighted by Crippen LogP contribution is -2.39. The van der Waals surface area contributed by atoms with Crippen LogP contribution in [-0.4, -0.2) is 28.4 Å². The molecule has 0 aliphatic heterocycles. The van der Waals surface area contributed by atoms with Crippen molar-refractivity contribution in [3.63, 3.8) is 0 Å². The Morgan fingerprint density at radius 2 is 2.19 bits per heavy atom. The molecule has 1 amide bonds. The number of carbonyl (C=O) groups is 1. The number of pyridine rings is 1. The third-order valence-corrected chi connectivity index (χ3v) is 5.11. The topological polar surface area (TPSA) is 68.0 Å². The van der Waals surface area contributed by atoms with E-state index in [1.807, 2.05) is 31.7 Å². The van der Waals surface area contributed by atoms with Gasteiger partial charge in [0.05, 0.1) is 0 Å². The molecule has 1 aliphatic carbocycles. The Hall–Kier alpha value is -1.23. The monoisotopic (exact) mass is 307 g/mol. The fourth-order valence-electron chi connectivity index (χ4n) is 2.76. The fraction of sp³-hybridized carbons (Fsp3) is 0.625. The van der Waals surface area contributed by atoms with Crippen LogP contribution in [0.25, 0.3) is 0 Å². The highest BCUT2D eigenvalue weighted by atomic mass is 32.2. The SMILES string of the molecule is CSC1CCCC(NC(=O)c2cc(N)nc(C(C)C)c2)C1. The second-order valence-corrected chi connectivity index (χ2v) is 7.19. The number of hydrogen-bond donors (Lipinski definition) is 2. The van der Waals surface area contributed by atoms with Crippen molar-refractivity contribution in [3.8, 4) is 0 Å². The van der Waals surface area contributed by atoms with E-state index >= 15 is 0 Å². The molecule has 0 aromatic carbocycles. The molecule has 0 saturated heterocycles. The largest absolute Gasteiger partial charge is 0.384 e. The number of anilines is 1. The van der Waals surface area contributed by atoms with Crippen LogP contribution in [-0.2, 0) is 0 Å². The summed E-state index contributed by atoms with van der Waals surface area (Å²) in [6, 6.07) is 3.79. The number of aromatic nitrogens is 1. The summed E-state index contributed by atoms with van der Waals surface area (Å²) in [7, 11) is 0. The van der Waals surface area contributed by atoms with Gasteiger partial charge in [-0.25, -0.2) is 4.98 Å². The summed E-state index contributed by atoms with van der Waals surface area (Å²) in [6.45, 7) is 4.10. The van der Waals surface area contributed by atoms with Gasteiger partial charge in [-0.15, -0.1) is 0 Å². The second-order valence-electron chi connectivity index (χ2n) is 6.05. The fourth-order valence-corrected chi connectivity index (χ4v) is 3.59. The Bertz CT molecular complexity index is 504. The average molecular weight is 307 g/mol. The van der Waals surface area contributed by atoms with E-state index in [9.17, 15) is 4.79 Å². The number of rotatable bonds is 4. The first kappa shape index (κ1) is 16.1. The molecule has 0 spiro atoms. The van der Waals surface area contributed by atoms with Gasteiger partial charge < -0.3 is 11.1 Å². The van der Waals surface area contributed by atoms with Crippen LogP contribution in [0.15, 0.2) is 12.1 Å². The van der Waals surface area contributed by atoms with Gasteiger partial charge in [0.15, 0.2) is 0 Å². The van der Waals surface area contributed by atoms with E-state index in [0.29, 0.717) is 16.6 Å². The molecule has 116 valence electrons. The normalized spacial score (nSPS) is 22.3. The lowest BCUT2D eigenvalue weighted by Gasteiger charge is -2.28. The van der Waals surface area contributed by atoms with E-state index in [0.717, 1.165) is 18.5 Å². The third-order valence-electron chi connectivity index (χ3n) is 4.01. The zero-order chi connectivity index (χ0) is 15.4. The minimum Gasteiger partial charge on any atom is -0.384 e. The van der Waals surface area contributed by atoms with Crippen molar-refractivity contribution >= 4 is 23.5 Å². The number of nitrogen functional groups attached to an aromatic ring is 1. The van der Waals surface area contributed by atoms with E-state index in [4.69, 9.17) is 5.73 Å². The minimum atomic E-state index is -0.0299. The molecular formula is C16H25N3OS. The lowest BCUT2D eigenvalue weighted by atomic mass is 9.94. The predicted molar refractivity (Wildman–Crippen MR) is 89.8 cm³/mol. The van der Waals surface area contributed by atoms with Crippen LogP contribution in [0.1, 0.15) is 61.5 Å². The number of thioether (sulfide) groups is 1. The molecule has 1 aromatic rings. The van der Waals surface area contributed by atoms with Crippen LogP contribution in [0.3, 0.4) is 0 Å². The maximum atomic E-state index is 12.4. The first-order valence-corrected chi connectivity index (χ1v) is 8.89. The van der Waals surface area contributed by atoms with E-state index in [1.54, 1.807) is 6.07 Å². The Morgan fingerprint density at radius 3 is 2.86 bits per heavy atom. The van der Waals surface area contributed by atoms with Crippen molar-refractivity contribution in [2.24, 2.45) is 0 Å². The van der Waals surface area contributed by atoms with E-state index in [-0.39, 0.29) is 17.9 Å². The summed E-state index contributed by atoms with van der Waals surface area (Å²) in [6.07, 6.45) is 6.72. The highest BCUT2D eigenvalue weighted by Gasteiger charge is 2.23. The number of amides is 1. The van der Waals surface area contributed by atoms with Crippen molar-refractivity contribution in [2.45, 2.75) is 56.7 Å². The number of nitrogens with one attached hydrogen (secondary N) is 1. The molecule has 1 aromatic heterocycles. The molecular weight excluding hydrogens is 282 g/mol. The first-order valence-electron chi connectivity index (χ1n) is 7.60. The summed E-state index contributed by atoms with van der Waals surface area (Å²) < 4.78 is 0. The highest BCUT2D eigenvalue weighted by Crippen LogP contribution is 2.27. The smallest absolute Gasteiger partial charge is 0.251 e. The Kier molecular flexibility index (Phi) is 5.51. The van der Waals surface area contributed by atoms with E-state index in [2.05, 4.69) is 16.6 Å². The Morgan fingerprint density at radius 1 is 1.43 bits per heavy atom. The molecule has 3 N–H and O–H groups in total. The molecule has 2 atom stereocenters. The predicted octanol–water partition coefficient (Wildman–Crippen LogP) is 3.19. The molecule has 2 unspecified atom stereocenters. The Balaban J connectivity index is 2.06. The van der Waals surface area contributed by atoms with E-state index in [1.165, 1.54) is 12.8 Å². The highest BCUT2D eigenvalue weighted by molar-refractivity contribution is 7.99. The second kappa shape index (κ2) is 7.16. The molecule has 2 rings (SSSR count). The van der Waals surface area contributed by atoms with Crippen LogP contribution >= 0.6 is 11.8 Å². The van der Waals surface area contributed by atoms with Gasteiger partial charge >= 0.3 is 0 Å². The van der Waals surface area contributed by atoms with Gasteiger partial charge in [-0.05, 0) is 43.6 Å². The molecule has 0 bridgehead atoms. The average Bonchev–Trinajstić information content (AvgIpc) is 2.46. The van der Waals surface area contributed by atoms with Crippen LogP contribution in [0.5, 0.6) is 0 Å². The standard InChI is InChI=1S/C16H25N3OS/c1-10(2)14-7-11(8-15(17)19-14)16(20)18-12-5-4-6-13(9-12)21-3/h7-8,10,12-13H,4-6,9H2,1-3H3,(H2,17,19)(H,18,20). The van der Waals surface area contributed by atoms with Crippen molar-refractivity contribution < 1.29 is 4.79 Å². The van der Waals surface area contributed by atoms with Crippen LogP contribution in [0.4, 0.5) is 5.82 Å². The van der Waals surface area contributed by atoms with Crippen LogP contribution in [0.2, 0.25) is 0 Å². The molecule has 1 saturated carbocycles. The summed E-state index contributed by atoms with van der Waals surface area (Å²) in [5.41, 5.74) is 7.31. The maximum absolute atomic E-state index is 12.4. The zero-order valence-corrected chi connectivity index (χ0v) is 13.9. The van der Waals surface area contributed by atoms with E-state index < -0.39 is 0 Å². The summed E-state index contributed by atoms with van der Waals surface area (Å²) in [5, 5.41) is 3.82. The molecule has 4 nitrogen and oxygen atoms in total. The van der Waals surface area contributed by atoms with Gasteiger partial charge in [-0.1, -0.05) is 20.3 Å². The molecule has 1 fully saturated rings. The Labute approximate surface area is 131 Å². The van der Waals surface area contributed by atoms with Gasteiger partial charge in [0.1, 0.15) is 5.82 Å². The lowest BCUT2D eigenvalue weighted by molar-refractivity contribution is 0.0928. The number of carbonyl (C=O) groups excluding carboxylic acids is 1. The van der Waals surface area contributed by atoms with Gasteiger partial charge in [0, 0.05) is 22.5 Å². The summed E-state index contributed by atoms with van der Waals surface area (Å²) in [4.78, 5) is 16.7. The molecule has 0 radical (unpaired) electrons. The van der Waals surface area contributed by atoms with Crippen molar-refractivity contribution in [1.82, 2.24) is 10.3 Å². The molecule has 1 heterocycles. The molecule has 21 heavy (non-hydrogen) atoms. The molecule has 5 heteroatoms. The van der Waals surface area contributed by atoms with Crippen molar-refractivity contribution in [2.75, 3.05) is 12.0 Å².